The number of anilines is 1. The normalized spacial score (nSPS) is 13.6. The number of benzene rings is 1. The molecule has 1 aromatic rings. The maximum atomic E-state index is 11.5. The van der Waals surface area contributed by atoms with Crippen molar-refractivity contribution in [1.29, 1.82) is 0 Å². The van der Waals surface area contributed by atoms with Gasteiger partial charge in [0.05, 0.1) is 13.2 Å². The van der Waals surface area contributed by atoms with E-state index in [2.05, 4.69) is 5.32 Å². The van der Waals surface area contributed by atoms with Gasteiger partial charge in [-0.1, -0.05) is 0 Å². The zero-order chi connectivity index (χ0) is 13.7. The summed E-state index contributed by atoms with van der Waals surface area (Å²) in [5.41, 5.74) is 0.941. The summed E-state index contributed by atoms with van der Waals surface area (Å²) in [7, 11) is 3.52. The summed E-state index contributed by atoms with van der Waals surface area (Å²) in [6.07, 6.45) is 1.37. The van der Waals surface area contributed by atoms with E-state index in [0.29, 0.717) is 26.2 Å². The van der Waals surface area contributed by atoms with Crippen molar-refractivity contribution in [3.8, 4) is 11.5 Å². The molecule has 1 N–H and O–H groups in total. The molecule has 2 rings (SSSR count). The van der Waals surface area contributed by atoms with E-state index in [1.54, 1.807) is 19.0 Å². The van der Waals surface area contributed by atoms with Gasteiger partial charge in [0.1, 0.15) is 0 Å². The monoisotopic (exact) mass is 264 g/mol. The van der Waals surface area contributed by atoms with Crippen LogP contribution in [-0.4, -0.2) is 44.7 Å². The van der Waals surface area contributed by atoms with E-state index < -0.39 is 0 Å². The second kappa shape index (κ2) is 6.31. The molecule has 104 valence electrons. The molecule has 1 aliphatic rings. The van der Waals surface area contributed by atoms with Crippen LogP contribution >= 0.6 is 0 Å². The van der Waals surface area contributed by atoms with Crippen molar-refractivity contribution < 1.29 is 14.3 Å². The third-order valence-corrected chi connectivity index (χ3v) is 2.91. The zero-order valence-electron chi connectivity index (χ0n) is 11.4. The van der Waals surface area contributed by atoms with Crippen molar-refractivity contribution in [2.75, 3.05) is 39.2 Å². The van der Waals surface area contributed by atoms with Crippen LogP contribution in [0.25, 0.3) is 0 Å². The van der Waals surface area contributed by atoms with Gasteiger partial charge in [-0.05, 0) is 12.1 Å². The molecule has 0 fully saturated rings. The van der Waals surface area contributed by atoms with Gasteiger partial charge in [-0.2, -0.15) is 0 Å². The lowest BCUT2D eigenvalue weighted by molar-refractivity contribution is -0.128. The van der Waals surface area contributed by atoms with Crippen LogP contribution in [0.1, 0.15) is 12.8 Å². The number of hydrogen-bond donors (Lipinski definition) is 1. The Morgan fingerprint density at radius 1 is 1.26 bits per heavy atom. The van der Waals surface area contributed by atoms with Gasteiger partial charge in [-0.3, -0.25) is 4.79 Å². The van der Waals surface area contributed by atoms with Gasteiger partial charge in [-0.25, -0.2) is 0 Å². The van der Waals surface area contributed by atoms with Crippen LogP contribution in [0.3, 0.4) is 0 Å². The van der Waals surface area contributed by atoms with Crippen LogP contribution in [0.4, 0.5) is 5.69 Å². The number of fused-ring (bicyclic) bond motifs is 1. The van der Waals surface area contributed by atoms with Gasteiger partial charge in [-0.15, -0.1) is 0 Å². The van der Waals surface area contributed by atoms with Gasteiger partial charge in [0.25, 0.3) is 0 Å². The summed E-state index contributed by atoms with van der Waals surface area (Å²) in [4.78, 5) is 13.0. The minimum Gasteiger partial charge on any atom is -0.490 e. The first-order chi connectivity index (χ1) is 9.16. The Balaban J connectivity index is 1.91. The first kappa shape index (κ1) is 13.5. The Hall–Kier alpha value is -1.91. The van der Waals surface area contributed by atoms with Gasteiger partial charge >= 0.3 is 0 Å². The predicted molar refractivity (Wildman–Crippen MR) is 73.8 cm³/mol. The number of amides is 1. The number of rotatable bonds is 4. The van der Waals surface area contributed by atoms with E-state index >= 15 is 0 Å². The molecule has 1 aliphatic heterocycles. The van der Waals surface area contributed by atoms with E-state index in [9.17, 15) is 4.79 Å². The van der Waals surface area contributed by atoms with E-state index in [4.69, 9.17) is 9.47 Å². The summed E-state index contributed by atoms with van der Waals surface area (Å²) >= 11 is 0. The quantitative estimate of drug-likeness (QED) is 0.900. The lowest BCUT2D eigenvalue weighted by atomic mass is 10.2. The summed E-state index contributed by atoms with van der Waals surface area (Å²) in [5, 5.41) is 3.22. The highest BCUT2D eigenvalue weighted by molar-refractivity contribution is 5.76. The number of ether oxygens (including phenoxy) is 2. The maximum absolute atomic E-state index is 11.5. The molecule has 0 bridgehead atoms. The van der Waals surface area contributed by atoms with E-state index in [-0.39, 0.29) is 5.91 Å². The second-order valence-electron chi connectivity index (χ2n) is 4.68. The van der Waals surface area contributed by atoms with Crippen molar-refractivity contribution >= 4 is 11.6 Å². The number of nitrogens with zero attached hydrogens (tertiary/aromatic N) is 1. The molecule has 0 radical (unpaired) electrons. The largest absolute Gasteiger partial charge is 0.490 e. The minimum absolute atomic E-state index is 0.113. The van der Waals surface area contributed by atoms with Gasteiger partial charge in [0.2, 0.25) is 5.91 Å². The van der Waals surface area contributed by atoms with Crippen molar-refractivity contribution in [1.82, 2.24) is 4.90 Å². The number of hydrogen-bond acceptors (Lipinski definition) is 4. The Kier molecular flexibility index (Phi) is 4.49. The highest BCUT2D eigenvalue weighted by Gasteiger charge is 2.10. The molecule has 0 aliphatic carbocycles. The van der Waals surface area contributed by atoms with Gasteiger partial charge in [0, 0.05) is 45.2 Å². The highest BCUT2D eigenvalue weighted by atomic mass is 16.5. The Bertz CT molecular complexity index is 446. The van der Waals surface area contributed by atoms with Gasteiger partial charge < -0.3 is 19.7 Å². The molecule has 0 aromatic heterocycles. The fraction of sp³-hybridized carbons (Fsp3) is 0.500. The first-order valence-corrected chi connectivity index (χ1v) is 6.50. The molecule has 0 atom stereocenters. The zero-order valence-corrected chi connectivity index (χ0v) is 11.4. The SMILES string of the molecule is CN(C)C(=O)CCNc1ccc2c(c1)OCCCO2. The maximum Gasteiger partial charge on any atom is 0.223 e. The standard InChI is InChI=1S/C14H20N2O3/c1-16(2)14(17)6-7-15-11-4-5-12-13(10-11)19-9-3-8-18-12/h4-5,10,15H,3,6-9H2,1-2H3. The van der Waals surface area contributed by atoms with Crippen LogP contribution in [0.2, 0.25) is 0 Å². The van der Waals surface area contributed by atoms with Crippen molar-refractivity contribution in [3.63, 3.8) is 0 Å². The van der Waals surface area contributed by atoms with Crippen LogP contribution < -0.4 is 14.8 Å². The van der Waals surface area contributed by atoms with Crippen molar-refractivity contribution in [2.45, 2.75) is 12.8 Å². The highest BCUT2D eigenvalue weighted by Crippen LogP contribution is 2.32. The smallest absolute Gasteiger partial charge is 0.223 e. The van der Waals surface area contributed by atoms with Crippen molar-refractivity contribution in [3.05, 3.63) is 18.2 Å². The molecule has 1 heterocycles. The average Bonchev–Trinajstić information content (AvgIpc) is 2.63. The van der Waals surface area contributed by atoms with Crippen LogP contribution in [0, 0.1) is 0 Å². The summed E-state index contributed by atoms with van der Waals surface area (Å²) in [6, 6.07) is 5.76. The van der Waals surface area contributed by atoms with Crippen LogP contribution in [0.5, 0.6) is 11.5 Å². The topological polar surface area (TPSA) is 50.8 Å². The lowest BCUT2D eigenvalue weighted by Crippen LogP contribution is -2.23. The molecular weight excluding hydrogens is 244 g/mol. The second-order valence-corrected chi connectivity index (χ2v) is 4.68. The van der Waals surface area contributed by atoms with Crippen LogP contribution in [-0.2, 0) is 4.79 Å². The third kappa shape index (κ3) is 3.77. The molecule has 0 saturated carbocycles. The molecule has 1 aromatic carbocycles. The summed E-state index contributed by atoms with van der Waals surface area (Å²) in [6.45, 7) is 1.98. The average molecular weight is 264 g/mol. The Labute approximate surface area is 113 Å². The molecular formula is C14H20N2O3. The molecule has 0 saturated heterocycles. The molecule has 5 heteroatoms. The van der Waals surface area contributed by atoms with E-state index in [1.807, 2.05) is 18.2 Å². The molecule has 0 spiro atoms. The molecule has 0 unspecified atom stereocenters. The Morgan fingerprint density at radius 2 is 2.00 bits per heavy atom. The molecule has 1 amide bonds. The van der Waals surface area contributed by atoms with E-state index in [1.165, 1.54) is 0 Å². The first-order valence-electron chi connectivity index (χ1n) is 6.50. The molecule has 19 heavy (non-hydrogen) atoms. The van der Waals surface area contributed by atoms with Crippen molar-refractivity contribution in [2.24, 2.45) is 0 Å². The fourth-order valence-electron chi connectivity index (χ4n) is 1.81. The summed E-state index contributed by atoms with van der Waals surface area (Å²) in [5.74, 6) is 1.66. The summed E-state index contributed by atoms with van der Waals surface area (Å²) < 4.78 is 11.2. The van der Waals surface area contributed by atoms with Crippen LogP contribution in [0.15, 0.2) is 18.2 Å². The number of carbonyl (C=O) groups is 1. The third-order valence-electron chi connectivity index (χ3n) is 2.91. The lowest BCUT2D eigenvalue weighted by Gasteiger charge is -2.13. The number of nitrogens with one attached hydrogen (secondary N) is 1. The fourth-order valence-corrected chi connectivity index (χ4v) is 1.81. The van der Waals surface area contributed by atoms with Gasteiger partial charge in [0.15, 0.2) is 11.5 Å². The Morgan fingerprint density at radius 3 is 2.74 bits per heavy atom. The number of carbonyl (C=O) groups excluding carboxylic acids is 1. The predicted octanol–water partition coefficient (Wildman–Crippen LogP) is 1.74. The molecule has 5 nitrogen and oxygen atoms in total. The minimum atomic E-state index is 0.113. The van der Waals surface area contributed by atoms with E-state index in [0.717, 1.165) is 23.6 Å².